The summed E-state index contributed by atoms with van der Waals surface area (Å²) in [5.41, 5.74) is 0.120. The van der Waals surface area contributed by atoms with Crippen LogP contribution in [0.5, 0.6) is 11.5 Å². The van der Waals surface area contributed by atoms with E-state index in [2.05, 4.69) is 5.32 Å². The number of amides is 2. The van der Waals surface area contributed by atoms with Crippen LogP contribution in [0.3, 0.4) is 0 Å². The monoisotopic (exact) mass is 402 g/mol. The van der Waals surface area contributed by atoms with Crippen LogP contribution in [0.4, 0.5) is 24.5 Å². The van der Waals surface area contributed by atoms with E-state index in [0.29, 0.717) is 5.69 Å². The summed E-state index contributed by atoms with van der Waals surface area (Å²) in [4.78, 5) is 23.9. The molecule has 2 N–H and O–H groups in total. The first-order valence-corrected chi connectivity index (χ1v) is 9.38. The zero-order valence-electron chi connectivity index (χ0n) is 15.9. The van der Waals surface area contributed by atoms with Gasteiger partial charge in [0, 0.05) is 18.1 Å². The third-order valence-electron chi connectivity index (χ3n) is 4.42. The number of anilines is 2. The van der Waals surface area contributed by atoms with Crippen LogP contribution in [0.15, 0.2) is 12.1 Å². The number of rotatable bonds is 7. The normalized spacial score (nSPS) is 15.0. The molecule has 0 atom stereocenters. The minimum absolute atomic E-state index is 0.0162. The molecule has 1 aliphatic carbocycles. The number of carbonyl (C=O) groups is 2. The van der Waals surface area contributed by atoms with E-state index in [0.717, 1.165) is 32.1 Å². The lowest BCUT2D eigenvalue weighted by atomic mass is 9.88. The number of ether oxygens (including phenoxy) is 2. The first-order valence-electron chi connectivity index (χ1n) is 9.38. The van der Waals surface area contributed by atoms with Crippen LogP contribution >= 0.6 is 0 Å². The molecule has 2 amide bonds. The molecular formula is C19H25F3N2O4. The summed E-state index contributed by atoms with van der Waals surface area (Å²) in [6, 6.07) is 2.61. The molecule has 0 heterocycles. The minimum atomic E-state index is -5.04. The average molecular weight is 402 g/mol. The van der Waals surface area contributed by atoms with Crippen molar-refractivity contribution in [2.24, 2.45) is 5.92 Å². The molecular weight excluding hydrogens is 377 g/mol. The largest absolute Gasteiger partial charge is 0.492 e. The van der Waals surface area contributed by atoms with Crippen molar-refractivity contribution in [1.82, 2.24) is 0 Å². The standard InChI is InChI=1S/C19H25F3N2O4/c1-3-27-15-11-14(24-18(26)19(20,21)22)16(28-4-2)10-13(15)23-17(25)12-8-6-5-7-9-12/h10-12H,3-9H2,1-2H3,(H,23,25)(H,24,26). The van der Waals surface area contributed by atoms with Crippen molar-refractivity contribution in [3.63, 3.8) is 0 Å². The summed E-state index contributed by atoms with van der Waals surface area (Å²) in [7, 11) is 0. The maximum Gasteiger partial charge on any atom is 0.471 e. The predicted molar refractivity (Wildman–Crippen MR) is 98.7 cm³/mol. The smallest absolute Gasteiger partial charge is 0.471 e. The van der Waals surface area contributed by atoms with Crippen LogP contribution in [-0.4, -0.2) is 31.2 Å². The molecule has 0 radical (unpaired) electrons. The Morgan fingerprint density at radius 1 is 0.964 bits per heavy atom. The Morgan fingerprint density at radius 3 is 1.93 bits per heavy atom. The Bertz CT molecular complexity index is 701. The van der Waals surface area contributed by atoms with Crippen LogP contribution < -0.4 is 20.1 Å². The number of hydrogen-bond donors (Lipinski definition) is 2. The minimum Gasteiger partial charge on any atom is -0.492 e. The molecule has 0 saturated heterocycles. The van der Waals surface area contributed by atoms with E-state index in [4.69, 9.17) is 9.47 Å². The lowest BCUT2D eigenvalue weighted by Crippen LogP contribution is -2.30. The number of halogens is 3. The molecule has 0 aromatic heterocycles. The van der Waals surface area contributed by atoms with Gasteiger partial charge in [0.05, 0.1) is 24.6 Å². The molecule has 1 fully saturated rings. The fourth-order valence-corrected chi connectivity index (χ4v) is 3.10. The summed E-state index contributed by atoms with van der Waals surface area (Å²) < 4.78 is 48.7. The second-order valence-corrected chi connectivity index (χ2v) is 6.49. The summed E-state index contributed by atoms with van der Waals surface area (Å²) in [5.74, 6) is -2.21. The van der Waals surface area contributed by atoms with Gasteiger partial charge >= 0.3 is 12.1 Å². The summed E-state index contributed by atoms with van der Waals surface area (Å²) in [5, 5.41) is 4.59. The topological polar surface area (TPSA) is 76.7 Å². The van der Waals surface area contributed by atoms with E-state index < -0.39 is 12.1 Å². The van der Waals surface area contributed by atoms with Gasteiger partial charge in [-0.3, -0.25) is 9.59 Å². The SMILES string of the molecule is CCOc1cc(NC(=O)C(F)(F)F)c(OCC)cc1NC(=O)C1CCCCC1. The van der Waals surface area contributed by atoms with E-state index in [-0.39, 0.29) is 42.2 Å². The molecule has 1 saturated carbocycles. The average Bonchev–Trinajstić information content (AvgIpc) is 2.65. The Hall–Kier alpha value is -2.45. The number of benzene rings is 1. The van der Waals surface area contributed by atoms with Crippen LogP contribution in [0.25, 0.3) is 0 Å². The Morgan fingerprint density at radius 2 is 1.46 bits per heavy atom. The highest BCUT2D eigenvalue weighted by Gasteiger charge is 2.39. The zero-order valence-corrected chi connectivity index (χ0v) is 15.9. The molecule has 0 bridgehead atoms. The number of carbonyl (C=O) groups excluding carboxylic acids is 2. The van der Waals surface area contributed by atoms with Gasteiger partial charge in [0.2, 0.25) is 5.91 Å². The first kappa shape index (κ1) is 21.8. The van der Waals surface area contributed by atoms with Gasteiger partial charge < -0.3 is 20.1 Å². The van der Waals surface area contributed by atoms with Crippen LogP contribution in [-0.2, 0) is 9.59 Å². The molecule has 1 aliphatic rings. The highest BCUT2D eigenvalue weighted by atomic mass is 19.4. The van der Waals surface area contributed by atoms with Gasteiger partial charge in [-0.2, -0.15) is 13.2 Å². The Kier molecular flexibility index (Phi) is 7.53. The molecule has 2 rings (SSSR count). The molecule has 0 aliphatic heterocycles. The third-order valence-corrected chi connectivity index (χ3v) is 4.42. The van der Waals surface area contributed by atoms with Crippen molar-refractivity contribution in [3.05, 3.63) is 12.1 Å². The van der Waals surface area contributed by atoms with Gasteiger partial charge in [0.1, 0.15) is 11.5 Å². The van der Waals surface area contributed by atoms with Crippen molar-refractivity contribution in [3.8, 4) is 11.5 Å². The lowest BCUT2D eigenvalue weighted by Gasteiger charge is -2.22. The number of hydrogen-bond acceptors (Lipinski definition) is 4. The molecule has 9 heteroatoms. The van der Waals surface area contributed by atoms with Crippen LogP contribution in [0, 0.1) is 5.92 Å². The summed E-state index contributed by atoms with van der Waals surface area (Å²) in [6.07, 6.45) is -0.354. The van der Waals surface area contributed by atoms with Gasteiger partial charge in [-0.1, -0.05) is 19.3 Å². The van der Waals surface area contributed by atoms with Crippen LogP contribution in [0.1, 0.15) is 46.0 Å². The molecule has 28 heavy (non-hydrogen) atoms. The molecule has 0 unspecified atom stereocenters. The van der Waals surface area contributed by atoms with Crippen LogP contribution in [0.2, 0.25) is 0 Å². The van der Waals surface area contributed by atoms with Crippen molar-refractivity contribution in [1.29, 1.82) is 0 Å². The quantitative estimate of drug-likeness (QED) is 0.704. The van der Waals surface area contributed by atoms with E-state index in [1.165, 1.54) is 12.1 Å². The molecule has 156 valence electrons. The summed E-state index contributed by atoms with van der Waals surface area (Å²) in [6.45, 7) is 3.76. The highest BCUT2D eigenvalue weighted by Crippen LogP contribution is 2.38. The van der Waals surface area contributed by atoms with E-state index in [1.807, 2.05) is 0 Å². The van der Waals surface area contributed by atoms with Crippen molar-refractivity contribution < 1.29 is 32.2 Å². The van der Waals surface area contributed by atoms with Gasteiger partial charge in [0.25, 0.3) is 0 Å². The van der Waals surface area contributed by atoms with Gasteiger partial charge in [0.15, 0.2) is 0 Å². The zero-order chi connectivity index (χ0) is 20.7. The van der Waals surface area contributed by atoms with E-state index in [9.17, 15) is 22.8 Å². The van der Waals surface area contributed by atoms with Crippen molar-refractivity contribution in [2.45, 2.75) is 52.1 Å². The van der Waals surface area contributed by atoms with E-state index >= 15 is 0 Å². The van der Waals surface area contributed by atoms with Gasteiger partial charge in [-0.15, -0.1) is 0 Å². The second kappa shape index (κ2) is 9.66. The maximum atomic E-state index is 12.6. The predicted octanol–water partition coefficient (Wildman–Crippen LogP) is 4.50. The fraction of sp³-hybridized carbons (Fsp3) is 0.579. The first-order chi connectivity index (χ1) is 13.3. The maximum absolute atomic E-state index is 12.6. The molecule has 0 spiro atoms. The Labute approximate surface area is 161 Å². The highest BCUT2D eigenvalue weighted by molar-refractivity contribution is 5.99. The van der Waals surface area contributed by atoms with Gasteiger partial charge in [-0.05, 0) is 26.7 Å². The molecule has 1 aromatic carbocycles. The Balaban J connectivity index is 2.31. The summed E-state index contributed by atoms with van der Waals surface area (Å²) >= 11 is 0. The second-order valence-electron chi connectivity index (χ2n) is 6.49. The van der Waals surface area contributed by atoms with Crippen molar-refractivity contribution in [2.75, 3.05) is 23.8 Å². The lowest BCUT2D eigenvalue weighted by molar-refractivity contribution is -0.167. The van der Waals surface area contributed by atoms with E-state index in [1.54, 1.807) is 19.2 Å². The van der Waals surface area contributed by atoms with Crippen molar-refractivity contribution >= 4 is 23.2 Å². The fourth-order valence-electron chi connectivity index (χ4n) is 3.10. The molecule has 6 nitrogen and oxygen atoms in total. The molecule has 1 aromatic rings. The number of nitrogens with one attached hydrogen (secondary N) is 2. The third kappa shape index (κ3) is 5.77. The van der Waals surface area contributed by atoms with Gasteiger partial charge in [-0.25, -0.2) is 0 Å². The number of alkyl halides is 3.